The molecule has 14 heavy (non-hydrogen) atoms. The van der Waals surface area contributed by atoms with Gasteiger partial charge < -0.3 is 4.90 Å². The maximum Gasteiger partial charge on any atom is 0.240 e. The van der Waals surface area contributed by atoms with Crippen LogP contribution in [0.15, 0.2) is 0 Å². The fourth-order valence-electron chi connectivity index (χ4n) is 2.11. The summed E-state index contributed by atoms with van der Waals surface area (Å²) in [7, 11) is 0. The molecule has 2 heterocycles. The van der Waals surface area contributed by atoms with Gasteiger partial charge in [0.25, 0.3) is 0 Å². The Morgan fingerprint density at radius 1 is 1.64 bits per heavy atom. The van der Waals surface area contributed by atoms with Gasteiger partial charge in [0.2, 0.25) is 5.91 Å². The van der Waals surface area contributed by atoms with E-state index in [-0.39, 0.29) is 6.04 Å². The number of nitrogens with one attached hydrogen (secondary N) is 1. The van der Waals surface area contributed by atoms with Crippen molar-refractivity contribution in [3.63, 3.8) is 0 Å². The number of carbonyl (C=O) groups excluding carboxylic acids is 1. The van der Waals surface area contributed by atoms with Crippen molar-refractivity contribution in [3.8, 4) is 0 Å². The fraction of sp³-hybridized carbons (Fsp3) is 0.900. The van der Waals surface area contributed by atoms with Gasteiger partial charge in [0.15, 0.2) is 0 Å². The highest BCUT2D eigenvalue weighted by molar-refractivity contribution is 8.00. The predicted octanol–water partition coefficient (Wildman–Crippen LogP) is 1.05. The lowest BCUT2D eigenvalue weighted by Crippen LogP contribution is -2.34. The number of amides is 1. The SMILES string of the molecule is CCC1NCN(CC2CCCS2)C1=O. The zero-order valence-corrected chi connectivity index (χ0v) is 9.48. The highest BCUT2D eigenvalue weighted by Gasteiger charge is 2.31. The second-order valence-corrected chi connectivity index (χ2v) is 5.43. The second kappa shape index (κ2) is 4.53. The molecule has 0 radical (unpaired) electrons. The molecule has 80 valence electrons. The first-order valence-electron chi connectivity index (χ1n) is 5.45. The highest BCUT2D eigenvalue weighted by atomic mass is 32.2. The van der Waals surface area contributed by atoms with E-state index in [9.17, 15) is 4.79 Å². The molecule has 1 N–H and O–H groups in total. The first kappa shape index (κ1) is 10.3. The van der Waals surface area contributed by atoms with Crippen LogP contribution in [0.25, 0.3) is 0 Å². The Balaban J connectivity index is 1.84. The third kappa shape index (κ3) is 2.06. The third-order valence-corrected chi connectivity index (χ3v) is 4.38. The van der Waals surface area contributed by atoms with Gasteiger partial charge in [-0.15, -0.1) is 0 Å². The summed E-state index contributed by atoms with van der Waals surface area (Å²) >= 11 is 2.02. The Hall–Kier alpha value is -0.220. The summed E-state index contributed by atoms with van der Waals surface area (Å²) in [5.41, 5.74) is 0. The fourth-order valence-corrected chi connectivity index (χ4v) is 3.40. The van der Waals surface area contributed by atoms with Crippen molar-refractivity contribution in [2.45, 2.75) is 37.5 Å². The van der Waals surface area contributed by atoms with Crippen LogP contribution in [0.2, 0.25) is 0 Å². The summed E-state index contributed by atoms with van der Waals surface area (Å²) in [6.45, 7) is 3.77. The number of nitrogens with zero attached hydrogens (tertiary/aromatic N) is 1. The summed E-state index contributed by atoms with van der Waals surface area (Å²) in [5.74, 6) is 1.58. The van der Waals surface area contributed by atoms with Crippen LogP contribution in [0, 0.1) is 0 Å². The molecule has 2 fully saturated rings. The van der Waals surface area contributed by atoms with Crippen molar-refractivity contribution in [3.05, 3.63) is 0 Å². The molecule has 0 aromatic carbocycles. The quantitative estimate of drug-likeness (QED) is 0.762. The molecule has 1 amide bonds. The average Bonchev–Trinajstić information content (AvgIpc) is 2.79. The number of hydrogen-bond donors (Lipinski definition) is 1. The topological polar surface area (TPSA) is 32.3 Å². The molecule has 4 heteroatoms. The van der Waals surface area contributed by atoms with Gasteiger partial charge in [0.1, 0.15) is 0 Å². The highest BCUT2D eigenvalue weighted by Crippen LogP contribution is 2.27. The van der Waals surface area contributed by atoms with E-state index in [1.165, 1.54) is 18.6 Å². The van der Waals surface area contributed by atoms with Crippen LogP contribution in [-0.2, 0) is 4.79 Å². The maximum absolute atomic E-state index is 11.8. The number of thioether (sulfide) groups is 1. The van der Waals surface area contributed by atoms with E-state index in [2.05, 4.69) is 12.2 Å². The Labute approximate surface area is 89.6 Å². The lowest BCUT2D eigenvalue weighted by atomic mass is 10.2. The average molecular weight is 214 g/mol. The van der Waals surface area contributed by atoms with E-state index in [1.807, 2.05) is 16.7 Å². The molecule has 0 saturated carbocycles. The number of carbonyl (C=O) groups is 1. The molecule has 2 atom stereocenters. The maximum atomic E-state index is 11.8. The van der Waals surface area contributed by atoms with Crippen LogP contribution in [0.3, 0.4) is 0 Å². The van der Waals surface area contributed by atoms with Crippen molar-refractivity contribution in [1.82, 2.24) is 10.2 Å². The van der Waals surface area contributed by atoms with Crippen molar-refractivity contribution < 1.29 is 4.79 Å². The van der Waals surface area contributed by atoms with Crippen LogP contribution in [0.5, 0.6) is 0 Å². The molecule has 0 aromatic rings. The molecule has 2 unspecified atom stereocenters. The molecule has 2 saturated heterocycles. The van der Waals surface area contributed by atoms with Crippen molar-refractivity contribution >= 4 is 17.7 Å². The molecule has 0 aliphatic carbocycles. The van der Waals surface area contributed by atoms with Gasteiger partial charge in [0, 0.05) is 11.8 Å². The van der Waals surface area contributed by atoms with Crippen LogP contribution >= 0.6 is 11.8 Å². The van der Waals surface area contributed by atoms with E-state index < -0.39 is 0 Å². The summed E-state index contributed by atoms with van der Waals surface area (Å²) < 4.78 is 0. The van der Waals surface area contributed by atoms with E-state index in [0.29, 0.717) is 11.2 Å². The Kier molecular flexibility index (Phi) is 3.34. The minimum absolute atomic E-state index is 0.0846. The molecular weight excluding hydrogens is 196 g/mol. The standard InChI is InChI=1S/C10H18N2OS/c1-2-9-10(13)12(7-11-9)6-8-4-3-5-14-8/h8-9,11H,2-7H2,1H3. The van der Waals surface area contributed by atoms with Crippen molar-refractivity contribution in [1.29, 1.82) is 0 Å². The Morgan fingerprint density at radius 2 is 2.50 bits per heavy atom. The largest absolute Gasteiger partial charge is 0.327 e. The number of hydrogen-bond acceptors (Lipinski definition) is 3. The normalized spacial score (nSPS) is 32.9. The second-order valence-electron chi connectivity index (χ2n) is 4.02. The number of rotatable bonds is 3. The zero-order chi connectivity index (χ0) is 9.97. The molecule has 0 bridgehead atoms. The first-order valence-corrected chi connectivity index (χ1v) is 6.50. The van der Waals surface area contributed by atoms with E-state index in [1.54, 1.807) is 0 Å². The smallest absolute Gasteiger partial charge is 0.240 e. The summed E-state index contributed by atoms with van der Waals surface area (Å²) in [5, 5.41) is 3.94. The monoisotopic (exact) mass is 214 g/mol. The molecule has 2 aliphatic heterocycles. The van der Waals surface area contributed by atoms with Crippen LogP contribution in [-0.4, -0.2) is 41.1 Å². The minimum Gasteiger partial charge on any atom is -0.327 e. The third-order valence-electron chi connectivity index (χ3n) is 2.99. The van der Waals surface area contributed by atoms with Crippen LogP contribution < -0.4 is 5.32 Å². The summed E-state index contributed by atoms with van der Waals surface area (Å²) in [6, 6.07) is 0.0846. The van der Waals surface area contributed by atoms with E-state index >= 15 is 0 Å². The minimum atomic E-state index is 0.0846. The molecule has 2 rings (SSSR count). The van der Waals surface area contributed by atoms with Gasteiger partial charge in [-0.1, -0.05) is 6.92 Å². The lowest BCUT2D eigenvalue weighted by Gasteiger charge is -2.19. The van der Waals surface area contributed by atoms with Crippen LogP contribution in [0.4, 0.5) is 0 Å². The lowest BCUT2D eigenvalue weighted by molar-refractivity contribution is -0.128. The van der Waals surface area contributed by atoms with E-state index in [0.717, 1.165) is 19.6 Å². The predicted molar refractivity (Wildman–Crippen MR) is 59.3 cm³/mol. The Morgan fingerprint density at radius 3 is 3.07 bits per heavy atom. The molecule has 3 nitrogen and oxygen atoms in total. The van der Waals surface area contributed by atoms with Crippen molar-refractivity contribution in [2.75, 3.05) is 19.0 Å². The van der Waals surface area contributed by atoms with Gasteiger partial charge in [-0.25, -0.2) is 0 Å². The van der Waals surface area contributed by atoms with Gasteiger partial charge in [-0.3, -0.25) is 10.1 Å². The van der Waals surface area contributed by atoms with Gasteiger partial charge in [-0.05, 0) is 25.0 Å². The van der Waals surface area contributed by atoms with Crippen molar-refractivity contribution in [2.24, 2.45) is 0 Å². The molecule has 0 spiro atoms. The zero-order valence-electron chi connectivity index (χ0n) is 8.66. The molecule has 0 aromatic heterocycles. The summed E-state index contributed by atoms with van der Waals surface area (Å²) in [4.78, 5) is 13.8. The molecular formula is C10H18N2OS. The van der Waals surface area contributed by atoms with Gasteiger partial charge in [0.05, 0.1) is 12.7 Å². The van der Waals surface area contributed by atoms with E-state index in [4.69, 9.17) is 0 Å². The summed E-state index contributed by atoms with van der Waals surface area (Å²) in [6.07, 6.45) is 3.51. The van der Waals surface area contributed by atoms with Gasteiger partial charge in [-0.2, -0.15) is 11.8 Å². The van der Waals surface area contributed by atoms with Crippen LogP contribution in [0.1, 0.15) is 26.2 Å². The molecule has 2 aliphatic rings. The van der Waals surface area contributed by atoms with Gasteiger partial charge >= 0.3 is 0 Å². The Bertz CT molecular complexity index is 216. The first-order chi connectivity index (χ1) is 6.81.